The van der Waals surface area contributed by atoms with Gasteiger partial charge in [0, 0.05) is 18.3 Å². The van der Waals surface area contributed by atoms with Gasteiger partial charge in [0.25, 0.3) is 0 Å². The summed E-state index contributed by atoms with van der Waals surface area (Å²) in [6.45, 7) is 12.8. The number of carbonyl (C=O) groups is 3. The minimum Gasteiger partial charge on any atom is -0.466 e. The summed E-state index contributed by atoms with van der Waals surface area (Å²) in [6.07, 6.45) is 6.01. The van der Waals surface area contributed by atoms with Crippen LogP contribution >= 0.6 is 11.8 Å². The van der Waals surface area contributed by atoms with Crippen LogP contribution < -0.4 is 0 Å². The highest BCUT2D eigenvalue weighted by Gasteiger charge is 2.77. The Balaban J connectivity index is 2.07. The van der Waals surface area contributed by atoms with Crippen LogP contribution in [0.25, 0.3) is 0 Å². The molecule has 3 heterocycles. The van der Waals surface area contributed by atoms with Gasteiger partial charge in [-0.1, -0.05) is 39.7 Å². The summed E-state index contributed by atoms with van der Waals surface area (Å²) in [4.78, 5) is 44.5. The number of hydrogen-bond donors (Lipinski definition) is 1. The van der Waals surface area contributed by atoms with Crippen molar-refractivity contribution < 1.29 is 24.2 Å². The fourth-order valence-electron chi connectivity index (χ4n) is 6.23. The summed E-state index contributed by atoms with van der Waals surface area (Å²) in [5, 5.41) is 10.1. The standard InChI is InChI=1S/C25H40N2O5S/c1-6-10-11-13-26(12-7-2)23(30)21-25-16(5)14-18(33-25)19(24(31)32-9-4)20(25)22(29)27(21)17(8-3)15-28/h7,16-21,28H,2,6,8-15H2,1,3-5H3/t16?,17-,18-,19+,20-,21?,25?/m0/s1. The highest BCUT2D eigenvalue weighted by Crippen LogP contribution is 2.69. The van der Waals surface area contributed by atoms with E-state index in [1.54, 1.807) is 29.7 Å². The Hall–Kier alpha value is -1.54. The summed E-state index contributed by atoms with van der Waals surface area (Å²) in [6, 6.07) is -1.15. The van der Waals surface area contributed by atoms with Gasteiger partial charge in [-0.15, -0.1) is 18.3 Å². The number of esters is 1. The zero-order valence-electron chi connectivity index (χ0n) is 20.5. The molecule has 0 saturated carbocycles. The van der Waals surface area contributed by atoms with Gasteiger partial charge in [0.15, 0.2) is 0 Å². The minimum absolute atomic E-state index is 0.0207. The van der Waals surface area contributed by atoms with E-state index in [0.29, 0.717) is 19.5 Å². The third-order valence-electron chi connectivity index (χ3n) is 7.74. The van der Waals surface area contributed by atoms with Gasteiger partial charge in [0.1, 0.15) is 6.04 Å². The van der Waals surface area contributed by atoms with Crippen LogP contribution in [0.5, 0.6) is 0 Å². The van der Waals surface area contributed by atoms with Crippen molar-refractivity contribution in [1.29, 1.82) is 0 Å². The number of aliphatic hydroxyl groups is 1. The van der Waals surface area contributed by atoms with E-state index in [1.165, 1.54) is 0 Å². The van der Waals surface area contributed by atoms with Crippen LogP contribution in [0.2, 0.25) is 0 Å². The number of likely N-dealkylation sites (tertiary alicyclic amines) is 1. The topological polar surface area (TPSA) is 87.2 Å². The Morgan fingerprint density at radius 1 is 1.36 bits per heavy atom. The number of rotatable bonds is 12. The van der Waals surface area contributed by atoms with Gasteiger partial charge in [-0.25, -0.2) is 0 Å². The fourth-order valence-corrected chi connectivity index (χ4v) is 8.62. The minimum atomic E-state index is -0.696. The Kier molecular flexibility index (Phi) is 8.54. The molecular weight excluding hydrogens is 440 g/mol. The fraction of sp³-hybridized carbons (Fsp3) is 0.800. The SMILES string of the molecule is C=CCN(CCCCC)C(=O)C1N([C@@H](CC)CO)C(=O)[C@@H]2[C@H](C(=O)OCC)[C@@H]3CC(C)C12S3. The number of aliphatic hydroxyl groups excluding tert-OH is 1. The van der Waals surface area contributed by atoms with Gasteiger partial charge in [0.05, 0.1) is 35.8 Å². The molecular formula is C25H40N2O5S. The van der Waals surface area contributed by atoms with Gasteiger partial charge in [-0.2, -0.15) is 0 Å². The quantitative estimate of drug-likeness (QED) is 0.263. The van der Waals surface area contributed by atoms with Crippen molar-refractivity contribution in [2.75, 3.05) is 26.3 Å². The number of amides is 2. The maximum absolute atomic E-state index is 14.2. The van der Waals surface area contributed by atoms with Crippen LogP contribution in [0.1, 0.15) is 59.8 Å². The smallest absolute Gasteiger partial charge is 0.310 e. The maximum Gasteiger partial charge on any atom is 0.310 e. The number of hydrogen-bond acceptors (Lipinski definition) is 6. The molecule has 0 aromatic carbocycles. The zero-order valence-corrected chi connectivity index (χ0v) is 21.3. The van der Waals surface area contributed by atoms with Crippen LogP contribution in [0.4, 0.5) is 0 Å². The predicted octanol–water partition coefficient (Wildman–Crippen LogP) is 2.86. The third-order valence-corrected chi connectivity index (χ3v) is 9.82. The maximum atomic E-state index is 14.2. The molecule has 3 aliphatic rings. The van der Waals surface area contributed by atoms with Crippen molar-refractivity contribution >= 4 is 29.5 Å². The lowest BCUT2D eigenvalue weighted by Gasteiger charge is -2.42. The number of thioether (sulfide) groups is 1. The van der Waals surface area contributed by atoms with Gasteiger partial charge in [-0.3, -0.25) is 14.4 Å². The molecule has 0 aromatic rings. The monoisotopic (exact) mass is 480 g/mol. The molecule has 186 valence electrons. The van der Waals surface area contributed by atoms with E-state index in [4.69, 9.17) is 4.74 Å². The highest BCUT2D eigenvalue weighted by molar-refractivity contribution is 8.02. The van der Waals surface area contributed by atoms with Gasteiger partial charge in [-0.05, 0) is 32.1 Å². The number of fused-ring (bicyclic) bond motifs is 1. The Morgan fingerprint density at radius 3 is 2.67 bits per heavy atom. The summed E-state index contributed by atoms with van der Waals surface area (Å²) >= 11 is 1.65. The molecule has 3 fully saturated rings. The van der Waals surface area contributed by atoms with Gasteiger partial charge in [0.2, 0.25) is 11.8 Å². The summed E-state index contributed by atoms with van der Waals surface area (Å²) < 4.78 is 4.70. The molecule has 0 aromatic heterocycles. The van der Waals surface area contributed by atoms with E-state index >= 15 is 0 Å². The molecule has 1 N–H and O–H groups in total. The largest absolute Gasteiger partial charge is 0.466 e. The van der Waals surface area contributed by atoms with Crippen LogP contribution in [0, 0.1) is 17.8 Å². The van der Waals surface area contributed by atoms with E-state index in [1.807, 2.05) is 11.8 Å². The van der Waals surface area contributed by atoms with E-state index in [9.17, 15) is 19.5 Å². The lowest BCUT2D eigenvalue weighted by molar-refractivity contribution is -0.154. The van der Waals surface area contributed by atoms with Crippen molar-refractivity contribution in [2.45, 2.75) is 81.9 Å². The number of ether oxygens (including phenoxy) is 1. The van der Waals surface area contributed by atoms with Crippen molar-refractivity contribution in [1.82, 2.24) is 9.80 Å². The van der Waals surface area contributed by atoms with E-state index in [2.05, 4.69) is 20.4 Å². The number of unbranched alkanes of at least 4 members (excludes halogenated alkanes) is 2. The molecule has 3 aliphatic heterocycles. The average molecular weight is 481 g/mol. The molecule has 3 unspecified atom stereocenters. The van der Waals surface area contributed by atoms with Crippen molar-refractivity contribution in [3.05, 3.63) is 12.7 Å². The highest BCUT2D eigenvalue weighted by atomic mass is 32.2. The molecule has 7 atom stereocenters. The molecule has 1 spiro atoms. The van der Waals surface area contributed by atoms with Crippen molar-refractivity contribution in [3.63, 3.8) is 0 Å². The zero-order chi connectivity index (χ0) is 24.3. The molecule has 2 bridgehead atoms. The van der Waals surface area contributed by atoms with E-state index < -0.39 is 28.7 Å². The van der Waals surface area contributed by atoms with Crippen LogP contribution in [0.15, 0.2) is 12.7 Å². The van der Waals surface area contributed by atoms with Crippen molar-refractivity contribution in [2.24, 2.45) is 17.8 Å². The molecule has 0 radical (unpaired) electrons. The van der Waals surface area contributed by atoms with Crippen LogP contribution in [0.3, 0.4) is 0 Å². The first kappa shape index (κ1) is 26.1. The van der Waals surface area contributed by atoms with Gasteiger partial charge < -0.3 is 19.6 Å². The van der Waals surface area contributed by atoms with Crippen molar-refractivity contribution in [3.8, 4) is 0 Å². The van der Waals surface area contributed by atoms with E-state index in [0.717, 1.165) is 25.7 Å². The first-order chi connectivity index (χ1) is 15.8. The summed E-state index contributed by atoms with van der Waals surface area (Å²) in [7, 11) is 0. The lowest BCUT2D eigenvalue weighted by Crippen LogP contribution is -2.59. The Bertz CT molecular complexity index is 757. The molecule has 7 nitrogen and oxygen atoms in total. The normalized spacial score (nSPS) is 33.2. The lowest BCUT2D eigenvalue weighted by atomic mass is 9.66. The molecule has 33 heavy (non-hydrogen) atoms. The predicted molar refractivity (Wildman–Crippen MR) is 130 cm³/mol. The number of carbonyl (C=O) groups excluding carboxylic acids is 3. The van der Waals surface area contributed by atoms with Crippen LogP contribution in [-0.4, -0.2) is 81.1 Å². The summed E-state index contributed by atoms with van der Waals surface area (Å²) in [5.41, 5.74) is 0. The first-order valence-corrected chi connectivity index (χ1v) is 13.4. The van der Waals surface area contributed by atoms with Gasteiger partial charge >= 0.3 is 5.97 Å². The Morgan fingerprint density at radius 2 is 2.09 bits per heavy atom. The average Bonchev–Trinajstić information content (AvgIpc) is 3.38. The molecule has 3 saturated heterocycles. The first-order valence-electron chi connectivity index (χ1n) is 12.5. The summed E-state index contributed by atoms with van der Waals surface area (Å²) in [5.74, 6) is -1.63. The molecule has 3 rings (SSSR count). The second kappa shape index (κ2) is 10.8. The van der Waals surface area contributed by atoms with E-state index in [-0.39, 0.29) is 42.2 Å². The second-order valence-electron chi connectivity index (χ2n) is 9.57. The molecule has 0 aliphatic carbocycles. The number of nitrogens with zero attached hydrogens (tertiary/aromatic N) is 2. The Labute approximate surface area is 202 Å². The molecule has 8 heteroatoms. The van der Waals surface area contributed by atoms with Crippen LogP contribution in [-0.2, 0) is 19.1 Å². The third kappa shape index (κ3) is 4.22. The molecule has 2 amide bonds. The second-order valence-corrected chi connectivity index (χ2v) is 11.1.